The van der Waals surface area contributed by atoms with Gasteiger partial charge in [-0.1, -0.05) is 23.7 Å². The maximum atomic E-state index is 11.9. The lowest BCUT2D eigenvalue weighted by atomic mass is 10.1. The third-order valence-electron chi connectivity index (χ3n) is 2.87. The molecule has 0 aliphatic heterocycles. The summed E-state index contributed by atoms with van der Waals surface area (Å²) in [7, 11) is 0. The van der Waals surface area contributed by atoms with Crippen molar-refractivity contribution in [1.82, 2.24) is 4.98 Å². The average Bonchev–Trinajstić information content (AvgIpc) is 2.50. The molecular weight excluding hydrogens is 306 g/mol. The minimum Gasteiger partial charge on any atom is -0.452 e. The number of nitrogens with one attached hydrogen (secondary N) is 1. The molecule has 0 spiro atoms. The summed E-state index contributed by atoms with van der Waals surface area (Å²) in [6, 6.07) is 8.15. The van der Waals surface area contributed by atoms with E-state index in [1.807, 2.05) is 0 Å². The summed E-state index contributed by atoms with van der Waals surface area (Å²) in [6.45, 7) is 1.35. The van der Waals surface area contributed by atoms with Crippen molar-refractivity contribution in [3.63, 3.8) is 0 Å². The van der Waals surface area contributed by atoms with Crippen molar-refractivity contribution in [2.24, 2.45) is 0 Å². The van der Waals surface area contributed by atoms with Gasteiger partial charge in [0.05, 0.1) is 10.6 Å². The Labute approximate surface area is 132 Å². The zero-order chi connectivity index (χ0) is 16.1. The molecule has 0 saturated heterocycles. The summed E-state index contributed by atoms with van der Waals surface area (Å²) in [6.07, 6.45) is 1.40. The molecule has 0 bridgehead atoms. The Bertz CT molecular complexity index is 702. The van der Waals surface area contributed by atoms with Gasteiger partial charge in [-0.05, 0) is 30.7 Å². The molecule has 0 aliphatic carbocycles. The quantitative estimate of drug-likeness (QED) is 0.666. The van der Waals surface area contributed by atoms with Crippen molar-refractivity contribution in [2.45, 2.75) is 6.92 Å². The van der Waals surface area contributed by atoms with E-state index >= 15 is 0 Å². The molecule has 0 fully saturated rings. The fraction of sp³-hybridized carbons (Fsp3) is 0.133. The Morgan fingerprint density at radius 3 is 2.77 bits per heavy atom. The van der Waals surface area contributed by atoms with Crippen LogP contribution in [0.4, 0.5) is 11.5 Å². The van der Waals surface area contributed by atoms with Crippen LogP contribution in [0.2, 0.25) is 5.02 Å². The van der Waals surface area contributed by atoms with Crippen molar-refractivity contribution in [2.75, 3.05) is 17.7 Å². The van der Waals surface area contributed by atoms with Crippen LogP contribution in [0.3, 0.4) is 0 Å². The molecule has 2 rings (SSSR count). The van der Waals surface area contributed by atoms with Crippen LogP contribution in [0, 0.1) is 6.92 Å². The number of para-hydroxylation sites is 1. The largest absolute Gasteiger partial charge is 0.452 e. The average molecular weight is 320 g/mol. The lowest BCUT2D eigenvalue weighted by molar-refractivity contribution is -0.119. The van der Waals surface area contributed by atoms with E-state index in [0.29, 0.717) is 16.5 Å². The molecule has 114 valence electrons. The second kappa shape index (κ2) is 6.91. The molecule has 22 heavy (non-hydrogen) atoms. The van der Waals surface area contributed by atoms with Crippen LogP contribution in [-0.4, -0.2) is 23.5 Å². The second-order valence-electron chi connectivity index (χ2n) is 4.52. The molecule has 0 unspecified atom stereocenters. The van der Waals surface area contributed by atoms with Gasteiger partial charge in [0.15, 0.2) is 6.61 Å². The monoisotopic (exact) mass is 319 g/mol. The van der Waals surface area contributed by atoms with Gasteiger partial charge in [0, 0.05) is 11.9 Å². The molecule has 1 heterocycles. The zero-order valence-electron chi connectivity index (χ0n) is 11.8. The number of aryl methyl sites for hydroxylation is 1. The van der Waals surface area contributed by atoms with Crippen molar-refractivity contribution in [1.29, 1.82) is 0 Å². The molecule has 1 aromatic heterocycles. The van der Waals surface area contributed by atoms with Gasteiger partial charge in [-0.3, -0.25) is 4.79 Å². The lowest BCUT2D eigenvalue weighted by Gasteiger charge is -2.09. The maximum absolute atomic E-state index is 11.9. The maximum Gasteiger partial charge on any atom is 0.340 e. The van der Waals surface area contributed by atoms with Crippen LogP contribution in [0.25, 0.3) is 0 Å². The fourth-order valence-electron chi connectivity index (χ4n) is 1.70. The molecule has 1 aromatic carbocycles. The summed E-state index contributed by atoms with van der Waals surface area (Å²) in [5, 5.41) is 2.94. The van der Waals surface area contributed by atoms with E-state index in [1.165, 1.54) is 6.20 Å². The highest BCUT2D eigenvalue weighted by molar-refractivity contribution is 6.30. The summed E-state index contributed by atoms with van der Waals surface area (Å²) < 4.78 is 4.94. The highest BCUT2D eigenvalue weighted by atomic mass is 35.5. The fourth-order valence-corrected chi connectivity index (χ4v) is 1.81. The van der Waals surface area contributed by atoms with E-state index in [2.05, 4.69) is 10.3 Å². The Hall–Kier alpha value is -2.60. The van der Waals surface area contributed by atoms with Gasteiger partial charge in [-0.2, -0.15) is 0 Å². The number of carbonyl (C=O) groups excluding carboxylic acids is 2. The number of hydrogen-bond donors (Lipinski definition) is 2. The normalized spacial score (nSPS) is 10.1. The molecule has 7 heteroatoms. The third-order valence-corrected chi connectivity index (χ3v) is 3.10. The van der Waals surface area contributed by atoms with Crippen LogP contribution in [0.1, 0.15) is 15.9 Å². The standard InChI is InChI=1S/C15H14ClN3O3/c1-9-3-2-4-11(14(9)17)15(21)22-8-13(20)19-12-6-5-10(16)7-18-12/h2-7H,8,17H2,1H3,(H,18,19,20). The number of nitrogens with zero attached hydrogens (tertiary/aromatic N) is 1. The van der Waals surface area contributed by atoms with E-state index in [0.717, 1.165) is 5.56 Å². The summed E-state index contributed by atoms with van der Waals surface area (Å²) >= 11 is 5.69. The first-order valence-electron chi connectivity index (χ1n) is 6.41. The van der Waals surface area contributed by atoms with Gasteiger partial charge in [-0.25, -0.2) is 9.78 Å². The molecule has 0 aliphatic rings. The number of pyridine rings is 1. The summed E-state index contributed by atoms with van der Waals surface area (Å²) in [5.74, 6) is -0.838. The molecule has 0 radical (unpaired) electrons. The zero-order valence-corrected chi connectivity index (χ0v) is 12.6. The van der Waals surface area contributed by atoms with Gasteiger partial charge in [0.1, 0.15) is 5.82 Å². The van der Waals surface area contributed by atoms with Crippen LogP contribution in [-0.2, 0) is 9.53 Å². The Morgan fingerprint density at radius 1 is 1.32 bits per heavy atom. The van der Waals surface area contributed by atoms with Gasteiger partial charge < -0.3 is 15.8 Å². The van der Waals surface area contributed by atoms with Gasteiger partial charge in [-0.15, -0.1) is 0 Å². The van der Waals surface area contributed by atoms with Gasteiger partial charge in [0.2, 0.25) is 0 Å². The van der Waals surface area contributed by atoms with E-state index in [1.54, 1.807) is 37.3 Å². The van der Waals surface area contributed by atoms with Crippen molar-refractivity contribution in [3.05, 3.63) is 52.7 Å². The van der Waals surface area contributed by atoms with Crippen LogP contribution in [0.15, 0.2) is 36.5 Å². The minimum absolute atomic E-state index is 0.234. The second-order valence-corrected chi connectivity index (χ2v) is 4.96. The SMILES string of the molecule is Cc1cccc(C(=O)OCC(=O)Nc2ccc(Cl)cn2)c1N. The third kappa shape index (κ3) is 3.95. The molecule has 1 amide bonds. The van der Waals surface area contributed by atoms with Crippen LogP contribution in [0.5, 0.6) is 0 Å². The number of carbonyl (C=O) groups is 2. The number of halogens is 1. The predicted molar refractivity (Wildman–Crippen MR) is 83.8 cm³/mol. The van der Waals surface area contributed by atoms with E-state index < -0.39 is 18.5 Å². The number of rotatable bonds is 4. The van der Waals surface area contributed by atoms with Crippen LogP contribution < -0.4 is 11.1 Å². The van der Waals surface area contributed by atoms with Gasteiger partial charge >= 0.3 is 5.97 Å². The van der Waals surface area contributed by atoms with E-state index in [9.17, 15) is 9.59 Å². The van der Waals surface area contributed by atoms with Crippen molar-refractivity contribution in [3.8, 4) is 0 Å². The molecule has 2 aromatic rings. The topological polar surface area (TPSA) is 94.3 Å². The van der Waals surface area contributed by atoms with Crippen molar-refractivity contribution >= 4 is 35.0 Å². The van der Waals surface area contributed by atoms with Crippen molar-refractivity contribution < 1.29 is 14.3 Å². The predicted octanol–water partition coefficient (Wildman–Crippen LogP) is 2.42. The lowest BCUT2D eigenvalue weighted by Crippen LogP contribution is -2.21. The Balaban J connectivity index is 1.92. The van der Waals surface area contributed by atoms with Crippen LogP contribution >= 0.6 is 11.6 Å². The smallest absolute Gasteiger partial charge is 0.340 e. The van der Waals surface area contributed by atoms with Gasteiger partial charge in [0.25, 0.3) is 5.91 Å². The number of anilines is 2. The first-order chi connectivity index (χ1) is 10.5. The number of aromatic nitrogens is 1. The molecule has 0 saturated carbocycles. The number of hydrogen-bond acceptors (Lipinski definition) is 5. The first-order valence-corrected chi connectivity index (χ1v) is 6.79. The summed E-state index contributed by atoms with van der Waals surface area (Å²) in [5.41, 5.74) is 7.15. The van der Waals surface area contributed by atoms with E-state index in [4.69, 9.17) is 22.1 Å². The number of nitrogens with two attached hydrogens (primary N) is 1. The summed E-state index contributed by atoms with van der Waals surface area (Å²) in [4.78, 5) is 27.5. The molecule has 0 atom stereocenters. The molecule has 3 N–H and O–H groups in total. The first kappa shape index (κ1) is 15.8. The molecular formula is C15H14ClN3O3. The number of amides is 1. The number of benzene rings is 1. The van der Waals surface area contributed by atoms with E-state index in [-0.39, 0.29) is 5.56 Å². The highest BCUT2D eigenvalue weighted by Gasteiger charge is 2.14. The minimum atomic E-state index is -0.652. The molecule has 6 nitrogen and oxygen atoms in total. The Morgan fingerprint density at radius 2 is 2.09 bits per heavy atom. The number of nitrogen functional groups attached to an aromatic ring is 1. The Kier molecular flexibility index (Phi) is 4.95. The highest BCUT2D eigenvalue weighted by Crippen LogP contribution is 2.17. The number of esters is 1. The number of ether oxygens (including phenoxy) is 1.